The minimum Gasteiger partial charge on any atom is -0.266 e. The van der Waals surface area contributed by atoms with E-state index in [1.165, 1.54) is 0 Å². The van der Waals surface area contributed by atoms with Crippen molar-refractivity contribution in [2.45, 2.75) is 23.1 Å². The summed E-state index contributed by atoms with van der Waals surface area (Å²) >= 11 is 1.62. The van der Waals surface area contributed by atoms with Crippen molar-refractivity contribution >= 4 is 27.5 Å². The van der Waals surface area contributed by atoms with Gasteiger partial charge in [-0.3, -0.25) is 4.31 Å². The zero-order valence-electron chi connectivity index (χ0n) is 8.67. The van der Waals surface area contributed by atoms with Gasteiger partial charge >= 0.3 is 0 Å². The molecule has 1 aromatic rings. The van der Waals surface area contributed by atoms with Gasteiger partial charge in [-0.1, -0.05) is 0 Å². The number of nitrogens with zero attached hydrogens (tertiary/aromatic N) is 2. The Bertz CT molecular complexity index is 511. The molecule has 16 heavy (non-hydrogen) atoms. The summed E-state index contributed by atoms with van der Waals surface area (Å²) in [7, 11) is -3.12. The minimum absolute atomic E-state index is 0.149. The molecule has 86 valence electrons. The maximum absolute atomic E-state index is 12.2. The topological polar surface area (TPSA) is 50.3 Å². The number of rotatable bonds is 2. The van der Waals surface area contributed by atoms with Crippen LogP contribution in [0.4, 0.5) is 5.69 Å². The number of aromatic nitrogens is 1. The Morgan fingerprint density at radius 1 is 1.44 bits per heavy atom. The predicted octanol–water partition coefficient (Wildman–Crippen LogP) is 1.49. The van der Waals surface area contributed by atoms with Gasteiger partial charge < -0.3 is 0 Å². The second kappa shape index (κ2) is 3.63. The summed E-state index contributed by atoms with van der Waals surface area (Å²) in [5.41, 5.74) is 0.755. The normalized spacial score (nSPS) is 20.6. The highest BCUT2D eigenvalue weighted by Gasteiger charge is 2.41. The van der Waals surface area contributed by atoms with E-state index in [2.05, 4.69) is 4.98 Å². The maximum atomic E-state index is 12.2. The highest BCUT2D eigenvalue weighted by atomic mass is 32.2. The van der Waals surface area contributed by atoms with Crippen molar-refractivity contribution in [3.05, 3.63) is 18.3 Å². The molecule has 0 saturated heterocycles. The SMILES string of the molecule is O=S(=O)(C1CC1)N1CCSc2ncccc21. The average molecular weight is 256 g/mol. The summed E-state index contributed by atoms with van der Waals surface area (Å²) in [6.45, 7) is 0.572. The molecule has 0 amide bonds. The Morgan fingerprint density at radius 2 is 2.25 bits per heavy atom. The van der Waals surface area contributed by atoms with Gasteiger partial charge in [0.1, 0.15) is 5.03 Å². The van der Waals surface area contributed by atoms with E-state index in [9.17, 15) is 8.42 Å². The lowest BCUT2D eigenvalue weighted by Crippen LogP contribution is -2.37. The Kier molecular flexibility index (Phi) is 2.36. The fraction of sp³-hybridized carbons (Fsp3) is 0.500. The molecule has 0 unspecified atom stereocenters. The van der Waals surface area contributed by atoms with Gasteiger partial charge in [-0.25, -0.2) is 13.4 Å². The van der Waals surface area contributed by atoms with Gasteiger partial charge in [-0.05, 0) is 25.0 Å². The van der Waals surface area contributed by atoms with Gasteiger partial charge in [0.05, 0.1) is 10.9 Å². The van der Waals surface area contributed by atoms with Gasteiger partial charge in [0.25, 0.3) is 0 Å². The van der Waals surface area contributed by atoms with Crippen LogP contribution in [0.25, 0.3) is 0 Å². The molecule has 0 atom stereocenters. The van der Waals surface area contributed by atoms with Crippen molar-refractivity contribution in [2.24, 2.45) is 0 Å². The number of fused-ring (bicyclic) bond motifs is 1. The van der Waals surface area contributed by atoms with Crippen LogP contribution in [0.3, 0.4) is 0 Å². The number of hydrogen-bond acceptors (Lipinski definition) is 4. The fourth-order valence-corrected chi connectivity index (χ4v) is 4.80. The molecule has 1 fully saturated rings. The second-order valence-corrected chi connectivity index (χ2v) is 7.21. The number of sulfonamides is 1. The van der Waals surface area contributed by atoms with Crippen LogP contribution in [0.5, 0.6) is 0 Å². The number of pyridine rings is 1. The Hall–Kier alpha value is -0.750. The zero-order chi connectivity index (χ0) is 11.2. The van der Waals surface area contributed by atoms with Crippen LogP contribution in [0.15, 0.2) is 23.4 Å². The van der Waals surface area contributed by atoms with E-state index >= 15 is 0 Å². The van der Waals surface area contributed by atoms with Crippen LogP contribution in [0.2, 0.25) is 0 Å². The van der Waals surface area contributed by atoms with Crippen molar-refractivity contribution < 1.29 is 8.42 Å². The molecule has 6 heteroatoms. The predicted molar refractivity (Wildman–Crippen MR) is 64.2 cm³/mol. The van der Waals surface area contributed by atoms with Crippen molar-refractivity contribution in [3.63, 3.8) is 0 Å². The third kappa shape index (κ3) is 1.60. The second-order valence-electron chi connectivity index (χ2n) is 3.99. The molecule has 1 aromatic heterocycles. The van der Waals surface area contributed by atoms with Crippen LogP contribution in [0, 0.1) is 0 Å². The number of anilines is 1. The van der Waals surface area contributed by atoms with E-state index in [1.807, 2.05) is 6.07 Å². The van der Waals surface area contributed by atoms with Crippen LogP contribution in [-0.4, -0.2) is 30.9 Å². The molecule has 0 radical (unpaired) electrons. The summed E-state index contributed by atoms with van der Waals surface area (Å²) in [6, 6.07) is 3.63. The first-order valence-electron chi connectivity index (χ1n) is 5.29. The van der Waals surface area contributed by atoms with Crippen LogP contribution in [-0.2, 0) is 10.0 Å². The largest absolute Gasteiger partial charge is 0.266 e. The van der Waals surface area contributed by atoms with E-state index in [-0.39, 0.29) is 5.25 Å². The third-order valence-corrected chi connectivity index (χ3v) is 6.09. The fourth-order valence-electron chi connectivity index (χ4n) is 1.84. The molecule has 1 aliphatic carbocycles. The van der Waals surface area contributed by atoms with Crippen LogP contribution in [0.1, 0.15) is 12.8 Å². The van der Waals surface area contributed by atoms with Crippen molar-refractivity contribution in [1.29, 1.82) is 0 Å². The molecule has 0 spiro atoms. The molecule has 1 saturated carbocycles. The summed E-state index contributed by atoms with van der Waals surface area (Å²) < 4.78 is 25.9. The summed E-state index contributed by atoms with van der Waals surface area (Å²) in [4.78, 5) is 4.22. The first-order valence-corrected chi connectivity index (χ1v) is 7.78. The Labute approximate surface area is 99.1 Å². The van der Waals surface area contributed by atoms with E-state index in [0.29, 0.717) is 6.54 Å². The van der Waals surface area contributed by atoms with Crippen LogP contribution >= 0.6 is 11.8 Å². The molecule has 1 aliphatic heterocycles. The maximum Gasteiger partial charge on any atom is 0.238 e. The molecular formula is C10H12N2O2S2. The Balaban J connectivity index is 2.04. The van der Waals surface area contributed by atoms with E-state index < -0.39 is 10.0 Å². The van der Waals surface area contributed by atoms with Gasteiger partial charge in [-0.2, -0.15) is 0 Å². The summed E-state index contributed by atoms with van der Waals surface area (Å²) in [5.74, 6) is 0.788. The standard InChI is InChI=1S/C10H12N2O2S2/c13-16(14,8-3-4-8)12-6-7-15-10-9(12)2-1-5-11-10/h1-2,5,8H,3-4,6-7H2. The van der Waals surface area contributed by atoms with Crippen molar-refractivity contribution in [3.8, 4) is 0 Å². The number of thioether (sulfide) groups is 1. The van der Waals surface area contributed by atoms with Crippen molar-refractivity contribution in [2.75, 3.05) is 16.6 Å². The quantitative estimate of drug-likeness (QED) is 0.804. The van der Waals surface area contributed by atoms with Gasteiger partial charge in [0, 0.05) is 18.5 Å². The molecule has 2 aliphatic rings. The molecule has 0 bridgehead atoms. The third-order valence-electron chi connectivity index (χ3n) is 2.81. The molecule has 4 nitrogen and oxygen atoms in total. The first kappa shape index (κ1) is 10.4. The molecule has 2 heterocycles. The highest BCUT2D eigenvalue weighted by Crippen LogP contribution is 2.39. The minimum atomic E-state index is -3.12. The van der Waals surface area contributed by atoms with Gasteiger partial charge in [0.15, 0.2) is 0 Å². The summed E-state index contributed by atoms with van der Waals surface area (Å²) in [5, 5.41) is 0.682. The molecule has 0 aromatic carbocycles. The molecule has 3 rings (SSSR count). The lowest BCUT2D eigenvalue weighted by atomic mass is 10.4. The average Bonchev–Trinajstić information content (AvgIpc) is 3.12. The smallest absolute Gasteiger partial charge is 0.238 e. The zero-order valence-corrected chi connectivity index (χ0v) is 10.3. The first-order chi connectivity index (χ1) is 7.69. The van der Waals surface area contributed by atoms with E-state index in [1.54, 1.807) is 28.3 Å². The van der Waals surface area contributed by atoms with E-state index in [4.69, 9.17) is 0 Å². The lowest BCUT2D eigenvalue weighted by Gasteiger charge is -2.29. The van der Waals surface area contributed by atoms with Gasteiger partial charge in [-0.15, -0.1) is 11.8 Å². The number of hydrogen-bond donors (Lipinski definition) is 0. The molecule has 0 N–H and O–H groups in total. The summed E-state index contributed by atoms with van der Waals surface area (Å²) in [6.07, 6.45) is 3.32. The Morgan fingerprint density at radius 3 is 3.00 bits per heavy atom. The molecular weight excluding hydrogens is 244 g/mol. The van der Waals surface area contributed by atoms with Crippen LogP contribution < -0.4 is 4.31 Å². The van der Waals surface area contributed by atoms with E-state index in [0.717, 1.165) is 29.3 Å². The highest BCUT2D eigenvalue weighted by molar-refractivity contribution is 8.00. The van der Waals surface area contributed by atoms with Gasteiger partial charge in [0.2, 0.25) is 10.0 Å². The van der Waals surface area contributed by atoms with Crippen molar-refractivity contribution in [1.82, 2.24) is 4.98 Å². The lowest BCUT2D eigenvalue weighted by molar-refractivity contribution is 0.590. The monoisotopic (exact) mass is 256 g/mol.